The van der Waals surface area contributed by atoms with E-state index >= 15 is 0 Å². The van der Waals surface area contributed by atoms with Gasteiger partial charge in [0, 0.05) is 25.3 Å². The minimum Gasteiger partial charge on any atom is -0.381 e. The van der Waals surface area contributed by atoms with Crippen LogP contribution in [0.4, 0.5) is 5.82 Å². The Balaban J connectivity index is 1.93. The van der Waals surface area contributed by atoms with E-state index in [1.54, 1.807) is 12.1 Å². The van der Waals surface area contributed by atoms with Crippen LogP contribution in [-0.2, 0) is 4.74 Å². The van der Waals surface area contributed by atoms with Gasteiger partial charge in [-0.25, -0.2) is 4.98 Å². The number of aromatic nitrogens is 1. The van der Waals surface area contributed by atoms with Gasteiger partial charge in [0.1, 0.15) is 11.0 Å². The molecule has 1 fully saturated rings. The van der Waals surface area contributed by atoms with Crippen molar-refractivity contribution in [1.29, 1.82) is 0 Å². The maximum Gasteiger partial charge on any atom is 0.251 e. The summed E-state index contributed by atoms with van der Waals surface area (Å²) in [5.41, 5.74) is 0.526. The number of amides is 1. The van der Waals surface area contributed by atoms with Crippen molar-refractivity contribution in [2.24, 2.45) is 5.92 Å². The summed E-state index contributed by atoms with van der Waals surface area (Å²) < 4.78 is 5.40. The Morgan fingerprint density at radius 3 is 3.10 bits per heavy atom. The van der Waals surface area contributed by atoms with E-state index in [1.807, 2.05) is 6.92 Å². The number of ether oxygens (including phenoxy) is 1. The Hall–Kier alpha value is -1.33. The van der Waals surface area contributed by atoms with Crippen LogP contribution >= 0.6 is 11.6 Å². The van der Waals surface area contributed by atoms with Crippen molar-refractivity contribution in [3.63, 3.8) is 0 Å². The zero-order valence-corrected chi connectivity index (χ0v) is 12.4. The number of nitrogens with one attached hydrogen (secondary N) is 2. The standard InChI is InChI=1S/C14H20ClN3O2/c1-2-16-13-7-11(6-12(15)18-13)14(19)17-8-10-4-3-5-20-9-10/h6-7,10H,2-5,8-9H2,1H3,(H,16,18)(H,17,19). The van der Waals surface area contributed by atoms with Crippen molar-refractivity contribution in [3.8, 4) is 0 Å². The molecule has 1 aromatic rings. The molecule has 0 bridgehead atoms. The molecule has 0 aromatic carbocycles. The van der Waals surface area contributed by atoms with E-state index in [1.165, 1.54) is 0 Å². The molecule has 2 N–H and O–H groups in total. The fraction of sp³-hybridized carbons (Fsp3) is 0.571. The van der Waals surface area contributed by atoms with Crippen molar-refractivity contribution in [2.45, 2.75) is 19.8 Å². The first-order chi connectivity index (χ1) is 9.69. The lowest BCUT2D eigenvalue weighted by atomic mass is 10.0. The largest absolute Gasteiger partial charge is 0.381 e. The average molecular weight is 298 g/mol. The summed E-state index contributed by atoms with van der Waals surface area (Å²) in [6, 6.07) is 3.29. The minimum absolute atomic E-state index is 0.126. The Labute approximate surface area is 124 Å². The van der Waals surface area contributed by atoms with Gasteiger partial charge in [-0.1, -0.05) is 11.6 Å². The molecule has 5 nitrogen and oxygen atoms in total. The Morgan fingerprint density at radius 2 is 2.40 bits per heavy atom. The van der Waals surface area contributed by atoms with Crippen LogP contribution in [0.1, 0.15) is 30.1 Å². The van der Waals surface area contributed by atoms with Gasteiger partial charge in [-0.15, -0.1) is 0 Å². The van der Waals surface area contributed by atoms with Crippen molar-refractivity contribution in [1.82, 2.24) is 10.3 Å². The normalized spacial score (nSPS) is 18.6. The third kappa shape index (κ3) is 4.35. The van der Waals surface area contributed by atoms with Crippen molar-refractivity contribution in [2.75, 3.05) is 31.6 Å². The van der Waals surface area contributed by atoms with Crippen LogP contribution in [-0.4, -0.2) is 37.2 Å². The molecule has 20 heavy (non-hydrogen) atoms. The molecule has 2 heterocycles. The number of anilines is 1. The molecule has 1 unspecified atom stereocenters. The molecule has 1 aliphatic rings. The molecule has 0 aliphatic carbocycles. The molecule has 0 radical (unpaired) electrons. The van der Waals surface area contributed by atoms with Crippen LogP contribution in [0, 0.1) is 5.92 Å². The molecule has 110 valence electrons. The van der Waals surface area contributed by atoms with Gasteiger partial charge in [0.15, 0.2) is 0 Å². The molecule has 0 saturated carbocycles. The first-order valence-electron chi connectivity index (χ1n) is 6.96. The third-order valence-electron chi connectivity index (χ3n) is 3.22. The predicted molar refractivity (Wildman–Crippen MR) is 79.3 cm³/mol. The van der Waals surface area contributed by atoms with Crippen LogP contribution in [0.5, 0.6) is 0 Å². The van der Waals surface area contributed by atoms with Crippen LogP contribution < -0.4 is 10.6 Å². The SMILES string of the molecule is CCNc1cc(C(=O)NCC2CCCOC2)cc(Cl)n1. The Kier molecular flexibility index (Phi) is 5.61. The highest BCUT2D eigenvalue weighted by Gasteiger charge is 2.16. The summed E-state index contributed by atoms with van der Waals surface area (Å²) in [6.45, 7) is 4.88. The number of nitrogens with zero attached hydrogens (tertiary/aromatic N) is 1. The number of carbonyl (C=O) groups is 1. The lowest BCUT2D eigenvalue weighted by molar-refractivity contribution is 0.0536. The molecular formula is C14H20ClN3O2. The monoisotopic (exact) mass is 297 g/mol. The molecule has 1 amide bonds. The third-order valence-corrected chi connectivity index (χ3v) is 3.41. The minimum atomic E-state index is -0.126. The number of pyridine rings is 1. The zero-order valence-electron chi connectivity index (χ0n) is 11.6. The summed E-state index contributed by atoms with van der Waals surface area (Å²) in [5.74, 6) is 0.892. The average Bonchev–Trinajstić information content (AvgIpc) is 2.45. The summed E-state index contributed by atoms with van der Waals surface area (Å²) in [7, 11) is 0. The molecule has 1 aliphatic heterocycles. The number of halogens is 1. The first kappa shape index (κ1) is 15.1. The highest BCUT2D eigenvalue weighted by atomic mass is 35.5. The molecule has 1 atom stereocenters. The first-order valence-corrected chi connectivity index (χ1v) is 7.34. The van der Waals surface area contributed by atoms with E-state index in [2.05, 4.69) is 15.6 Å². The number of hydrogen-bond donors (Lipinski definition) is 2. The lowest BCUT2D eigenvalue weighted by Crippen LogP contribution is -2.33. The molecule has 1 aromatic heterocycles. The van der Waals surface area contributed by atoms with E-state index in [0.29, 0.717) is 29.0 Å². The predicted octanol–water partition coefficient (Wildman–Crippen LogP) is 2.32. The zero-order chi connectivity index (χ0) is 14.4. The smallest absolute Gasteiger partial charge is 0.251 e. The summed E-state index contributed by atoms with van der Waals surface area (Å²) in [6.07, 6.45) is 2.16. The van der Waals surface area contributed by atoms with Gasteiger partial charge < -0.3 is 15.4 Å². The van der Waals surface area contributed by atoms with E-state index in [0.717, 1.165) is 32.6 Å². The van der Waals surface area contributed by atoms with Gasteiger partial charge >= 0.3 is 0 Å². The lowest BCUT2D eigenvalue weighted by Gasteiger charge is -2.22. The van der Waals surface area contributed by atoms with Gasteiger partial charge in [0.05, 0.1) is 6.61 Å². The highest BCUT2D eigenvalue weighted by molar-refractivity contribution is 6.29. The number of carbonyl (C=O) groups excluding carboxylic acids is 1. The number of rotatable bonds is 5. The second-order valence-corrected chi connectivity index (χ2v) is 5.27. The molecule has 0 spiro atoms. The summed E-state index contributed by atoms with van der Waals surface area (Å²) >= 11 is 5.93. The summed E-state index contributed by atoms with van der Waals surface area (Å²) in [4.78, 5) is 16.2. The van der Waals surface area contributed by atoms with Crippen molar-refractivity contribution in [3.05, 3.63) is 22.8 Å². The summed E-state index contributed by atoms with van der Waals surface area (Å²) in [5, 5.41) is 6.30. The van der Waals surface area contributed by atoms with Gasteiger partial charge in [-0.2, -0.15) is 0 Å². The Morgan fingerprint density at radius 1 is 1.55 bits per heavy atom. The number of hydrogen-bond acceptors (Lipinski definition) is 4. The second-order valence-electron chi connectivity index (χ2n) is 4.89. The van der Waals surface area contributed by atoms with Crippen molar-refractivity contribution >= 4 is 23.3 Å². The fourth-order valence-corrected chi connectivity index (χ4v) is 2.42. The van der Waals surface area contributed by atoms with Crippen LogP contribution in [0.15, 0.2) is 12.1 Å². The molecular weight excluding hydrogens is 278 g/mol. The second kappa shape index (κ2) is 7.45. The molecule has 2 rings (SSSR count). The van der Waals surface area contributed by atoms with Gasteiger partial charge in [-0.05, 0) is 37.8 Å². The molecule has 1 saturated heterocycles. The van der Waals surface area contributed by atoms with Crippen LogP contribution in [0.3, 0.4) is 0 Å². The van der Waals surface area contributed by atoms with Crippen molar-refractivity contribution < 1.29 is 9.53 Å². The maximum atomic E-state index is 12.1. The van der Waals surface area contributed by atoms with Gasteiger partial charge in [-0.3, -0.25) is 4.79 Å². The van der Waals surface area contributed by atoms with E-state index in [9.17, 15) is 4.79 Å². The Bertz CT molecular complexity index is 462. The highest BCUT2D eigenvalue weighted by Crippen LogP contribution is 2.15. The molecule has 6 heteroatoms. The van der Waals surface area contributed by atoms with E-state index in [4.69, 9.17) is 16.3 Å². The van der Waals surface area contributed by atoms with E-state index in [-0.39, 0.29) is 5.91 Å². The van der Waals surface area contributed by atoms with Crippen LogP contribution in [0.2, 0.25) is 5.15 Å². The van der Waals surface area contributed by atoms with Gasteiger partial charge in [0.25, 0.3) is 5.91 Å². The van der Waals surface area contributed by atoms with E-state index < -0.39 is 0 Å². The van der Waals surface area contributed by atoms with Crippen LogP contribution in [0.25, 0.3) is 0 Å². The fourth-order valence-electron chi connectivity index (χ4n) is 2.21. The van der Waals surface area contributed by atoms with Gasteiger partial charge in [0.2, 0.25) is 0 Å². The topological polar surface area (TPSA) is 63.2 Å². The maximum absolute atomic E-state index is 12.1. The quantitative estimate of drug-likeness (QED) is 0.819.